The summed E-state index contributed by atoms with van der Waals surface area (Å²) in [6.07, 6.45) is -6.21. The molecule has 1 fully saturated rings. The molecule has 43 heavy (non-hydrogen) atoms. The van der Waals surface area contributed by atoms with E-state index in [0.29, 0.717) is 19.3 Å². The van der Waals surface area contributed by atoms with Crippen LogP contribution in [0, 0.1) is 52.7 Å². The van der Waals surface area contributed by atoms with Crippen molar-refractivity contribution in [1.29, 1.82) is 0 Å². The van der Waals surface area contributed by atoms with E-state index in [9.17, 15) is 30.7 Å². The summed E-state index contributed by atoms with van der Waals surface area (Å²) in [6.45, 7) is 2.65. The minimum Gasteiger partial charge on any atom is -0.348 e. The predicted octanol–water partition coefficient (Wildman–Crippen LogP) is 8.72. The second-order valence-electron chi connectivity index (χ2n) is 10.2. The Morgan fingerprint density at radius 3 is 2.00 bits per heavy atom. The van der Waals surface area contributed by atoms with Crippen LogP contribution in [0.5, 0.6) is 0 Å². The third kappa shape index (κ3) is 6.65. The summed E-state index contributed by atoms with van der Waals surface area (Å²) < 4.78 is 137. The highest BCUT2D eigenvalue weighted by molar-refractivity contribution is 5.89. The number of aryl methyl sites for hydroxylation is 1. The average Bonchev–Trinajstić information content (AvgIpc) is 2.91. The molecule has 1 aliphatic heterocycles. The summed E-state index contributed by atoms with van der Waals surface area (Å²) >= 11 is 0. The lowest BCUT2D eigenvalue weighted by Gasteiger charge is -2.27. The van der Waals surface area contributed by atoms with Crippen LogP contribution >= 0.6 is 0 Å². The van der Waals surface area contributed by atoms with Gasteiger partial charge in [0.25, 0.3) is 0 Å². The molecule has 0 aromatic heterocycles. The summed E-state index contributed by atoms with van der Waals surface area (Å²) in [7, 11) is 0. The van der Waals surface area contributed by atoms with Gasteiger partial charge in [-0.3, -0.25) is 0 Å². The molecule has 0 N–H and O–H groups in total. The van der Waals surface area contributed by atoms with Crippen molar-refractivity contribution < 1.29 is 49.0 Å². The number of halogens is 9. The topological polar surface area (TPSA) is 18.5 Å². The molecule has 0 amide bonds. The Morgan fingerprint density at radius 2 is 1.40 bits per heavy atom. The minimum atomic E-state index is -4.97. The number of benzene rings is 4. The molecule has 5 rings (SSSR count). The van der Waals surface area contributed by atoms with Crippen LogP contribution in [-0.4, -0.2) is 19.4 Å². The molecule has 11 heteroatoms. The Balaban J connectivity index is 1.37. The predicted molar refractivity (Wildman–Crippen MR) is 140 cm³/mol. The molecule has 4 aromatic rings. The third-order valence-electron chi connectivity index (χ3n) is 6.91. The van der Waals surface area contributed by atoms with Gasteiger partial charge in [0.2, 0.25) is 0 Å². The zero-order chi connectivity index (χ0) is 31.1. The standard InChI is InChI=1S/C32H21F9O2/c1-16-14-42-31(43-15-16)20-12-24(33)22(25(34)13-20)4-2-17-8-27(36)29(28(37)9-17)18-3-5-21-19(10-18)11-26(35)23(30(21)38)6-7-32(39,40)41/h3,5,8-13,16,31H,2,4,14-15H2,1H3. The molecule has 1 saturated heterocycles. The fourth-order valence-corrected chi connectivity index (χ4v) is 4.84. The van der Waals surface area contributed by atoms with Crippen molar-refractivity contribution in [2.75, 3.05) is 13.2 Å². The lowest BCUT2D eigenvalue weighted by Crippen LogP contribution is -2.25. The maximum absolute atomic E-state index is 15.1. The van der Waals surface area contributed by atoms with E-state index in [-0.39, 0.29) is 51.8 Å². The first-order valence-corrected chi connectivity index (χ1v) is 13.0. The summed E-state index contributed by atoms with van der Waals surface area (Å²) in [6, 6.07) is 8.12. The monoisotopic (exact) mass is 608 g/mol. The Labute approximate surface area is 240 Å². The molecule has 0 saturated carbocycles. The van der Waals surface area contributed by atoms with Crippen LogP contribution in [0.1, 0.15) is 35.5 Å². The van der Waals surface area contributed by atoms with E-state index in [4.69, 9.17) is 9.47 Å². The maximum Gasteiger partial charge on any atom is 0.458 e. The van der Waals surface area contributed by atoms with Crippen LogP contribution in [-0.2, 0) is 22.3 Å². The highest BCUT2D eigenvalue weighted by atomic mass is 19.4. The third-order valence-corrected chi connectivity index (χ3v) is 6.91. The quantitative estimate of drug-likeness (QED) is 0.167. The Hall–Kier alpha value is -4.01. The van der Waals surface area contributed by atoms with E-state index < -0.39 is 58.5 Å². The first-order chi connectivity index (χ1) is 20.3. The first kappa shape index (κ1) is 30.4. The van der Waals surface area contributed by atoms with E-state index in [1.54, 1.807) is 0 Å². The van der Waals surface area contributed by atoms with Gasteiger partial charge in [-0.15, -0.1) is 0 Å². The van der Waals surface area contributed by atoms with Gasteiger partial charge < -0.3 is 9.47 Å². The van der Waals surface area contributed by atoms with Crippen LogP contribution in [0.2, 0.25) is 0 Å². The van der Waals surface area contributed by atoms with Crippen LogP contribution in [0.15, 0.2) is 48.5 Å². The number of hydrogen-bond acceptors (Lipinski definition) is 2. The second kappa shape index (κ2) is 11.9. The molecule has 0 unspecified atom stereocenters. The van der Waals surface area contributed by atoms with Gasteiger partial charge in [0.15, 0.2) is 6.29 Å². The van der Waals surface area contributed by atoms with Crippen molar-refractivity contribution in [1.82, 2.24) is 0 Å². The van der Waals surface area contributed by atoms with Gasteiger partial charge in [-0.05, 0) is 65.8 Å². The SMILES string of the molecule is CC1COC(c2cc(F)c(CCc3cc(F)c(-c4ccc5c(F)c(C#CC(F)(F)F)c(F)cc5c4)c(F)c3)c(F)c2)OC1. The number of rotatable bonds is 5. The Morgan fingerprint density at radius 1 is 0.767 bits per heavy atom. The summed E-state index contributed by atoms with van der Waals surface area (Å²) in [5.74, 6) is -4.15. The fourth-order valence-electron chi connectivity index (χ4n) is 4.84. The molecule has 0 aliphatic carbocycles. The molecular weight excluding hydrogens is 587 g/mol. The largest absolute Gasteiger partial charge is 0.458 e. The highest BCUT2D eigenvalue weighted by Gasteiger charge is 2.25. The second-order valence-corrected chi connectivity index (χ2v) is 10.2. The van der Waals surface area contributed by atoms with Crippen molar-refractivity contribution in [2.45, 2.75) is 32.2 Å². The Kier molecular flexibility index (Phi) is 8.45. The summed E-state index contributed by atoms with van der Waals surface area (Å²) in [5.41, 5.74) is -1.73. The van der Waals surface area contributed by atoms with Crippen molar-refractivity contribution in [2.24, 2.45) is 5.92 Å². The van der Waals surface area contributed by atoms with Gasteiger partial charge in [-0.2, -0.15) is 13.2 Å². The van der Waals surface area contributed by atoms with Gasteiger partial charge >= 0.3 is 6.18 Å². The average molecular weight is 609 g/mol. The molecule has 1 heterocycles. The number of fused-ring (bicyclic) bond motifs is 1. The van der Waals surface area contributed by atoms with Gasteiger partial charge in [0, 0.05) is 28.4 Å². The van der Waals surface area contributed by atoms with E-state index >= 15 is 8.78 Å². The normalized spacial score (nSPS) is 17.2. The molecule has 2 nitrogen and oxygen atoms in total. The molecular formula is C32H21F9O2. The molecule has 0 radical (unpaired) electrons. The molecule has 0 atom stereocenters. The number of hydrogen-bond donors (Lipinski definition) is 0. The lowest BCUT2D eigenvalue weighted by atomic mass is 9.96. The Bertz CT molecular complexity index is 1720. The molecule has 224 valence electrons. The summed E-state index contributed by atoms with van der Waals surface area (Å²) in [4.78, 5) is 0. The highest BCUT2D eigenvalue weighted by Crippen LogP contribution is 2.33. The van der Waals surface area contributed by atoms with Crippen LogP contribution in [0.4, 0.5) is 39.5 Å². The van der Waals surface area contributed by atoms with E-state index in [1.807, 2.05) is 6.92 Å². The number of alkyl halides is 3. The van der Waals surface area contributed by atoms with Gasteiger partial charge in [-0.1, -0.05) is 25.0 Å². The van der Waals surface area contributed by atoms with Gasteiger partial charge in [0.05, 0.1) is 24.3 Å². The molecule has 1 aliphatic rings. The lowest BCUT2D eigenvalue weighted by molar-refractivity contribution is -0.202. The maximum atomic E-state index is 15.1. The smallest absolute Gasteiger partial charge is 0.348 e. The van der Waals surface area contributed by atoms with Crippen LogP contribution in [0.25, 0.3) is 21.9 Å². The van der Waals surface area contributed by atoms with Gasteiger partial charge in [-0.25, -0.2) is 26.3 Å². The van der Waals surface area contributed by atoms with Crippen molar-refractivity contribution in [3.8, 4) is 23.0 Å². The molecule has 0 spiro atoms. The van der Waals surface area contributed by atoms with Crippen molar-refractivity contribution in [3.05, 3.63) is 106 Å². The van der Waals surface area contributed by atoms with Crippen LogP contribution < -0.4 is 0 Å². The van der Waals surface area contributed by atoms with Gasteiger partial charge in [0.1, 0.15) is 34.9 Å². The van der Waals surface area contributed by atoms with E-state index in [2.05, 4.69) is 0 Å². The zero-order valence-corrected chi connectivity index (χ0v) is 22.3. The fraction of sp³-hybridized carbons (Fsp3) is 0.250. The zero-order valence-electron chi connectivity index (χ0n) is 22.3. The number of ether oxygens (including phenoxy) is 2. The molecule has 4 aromatic carbocycles. The molecule has 0 bridgehead atoms. The minimum absolute atomic E-state index is 0.0975. The van der Waals surface area contributed by atoms with Crippen LogP contribution in [0.3, 0.4) is 0 Å². The first-order valence-electron chi connectivity index (χ1n) is 13.0. The van der Waals surface area contributed by atoms with Crippen molar-refractivity contribution >= 4 is 10.8 Å². The van der Waals surface area contributed by atoms with E-state index in [1.165, 1.54) is 5.92 Å². The van der Waals surface area contributed by atoms with E-state index in [0.717, 1.165) is 48.4 Å². The van der Waals surface area contributed by atoms with Crippen molar-refractivity contribution in [3.63, 3.8) is 0 Å². The summed E-state index contributed by atoms with van der Waals surface area (Å²) in [5, 5.41) is -0.471.